The van der Waals surface area contributed by atoms with Crippen molar-refractivity contribution in [2.24, 2.45) is 0 Å². The van der Waals surface area contributed by atoms with E-state index in [1.54, 1.807) is 41.4 Å². The number of pyridine rings is 1. The lowest BCUT2D eigenvalue weighted by molar-refractivity contribution is 0.288. The molecule has 0 saturated heterocycles. The number of aryl methyl sites for hydroxylation is 1. The number of rotatable bonds is 4. The van der Waals surface area contributed by atoms with Crippen LogP contribution in [0.5, 0.6) is 5.75 Å². The second-order valence-electron chi connectivity index (χ2n) is 5.60. The third-order valence-corrected chi connectivity index (χ3v) is 5.01. The SMILES string of the molecule is CN(C)c1ncccc1NS(=O)(=O)c1ccc2c(c1)CCCO2. The number of nitrogens with one attached hydrogen (secondary N) is 1. The van der Waals surface area contributed by atoms with Crippen LogP contribution in [0.4, 0.5) is 11.5 Å². The van der Waals surface area contributed by atoms with Crippen LogP contribution >= 0.6 is 0 Å². The summed E-state index contributed by atoms with van der Waals surface area (Å²) in [5.74, 6) is 1.34. The monoisotopic (exact) mass is 333 g/mol. The molecule has 1 aromatic heterocycles. The summed E-state index contributed by atoms with van der Waals surface area (Å²) in [6, 6.07) is 8.37. The molecule has 0 atom stereocenters. The van der Waals surface area contributed by atoms with Crippen molar-refractivity contribution in [2.45, 2.75) is 17.7 Å². The van der Waals surface area contributed by atoms with Gasteiger partial charge in [-0.3, -0.25) is 4.72 Å². The van der Waals surface area contributed by atoms with Crippen molar-refractivity contribution in [2.75, 3.05) is 30.3 Å². The van der Waals surface area contributed by atoms with Gasteiger partial charge in [-0.05, 0) is 48.7 Å². The maximum absolute atomic E-state index is 12.7. The second kappa shape index (κ2) is 6.08. The van der Waals surface area contributed by atoms with E-state index in [4.69, 9.17) is 4.74 Å². The van der Waals surface area contributed by atoms with Crippen LogP contribution in [0.3, 0.4) is 0 Å². The molecular weight excluding hydrogens is 314 g/mol. The van der Waals surface area contributed by atoms with E-state index in [-0.39, 0.29) is 4.90 Å². The average Bonchev–Trinajstić information content (AvgIpc) is 2.54. The molecule has 1 N–H and O–H groups in total. The summed E-state index contributed by atoms with van der Waals surface area (Å²) in [7, 11) is -0.0434. The predicted molar refractivity (Wildman–Crippen MR) is 89.6 cm³/mol. The Morgan fingerprint density at radius 2 is 2.09 bits per heavy atom. The van der Waals surface area contributed by atoms with Crippen LogP contribution in [0.25, 0.3) is 0 Å². The Morgan fingerprint density at radius 1 is 1.26 bits per heavy atom. The fourth-order valence-electron chi connectivity index (χ4n) is 2.54. The smallest absolute Gasteiger partial charge is 0.262 e. The first-order chi connectivity index (χ1) is 11.0. The highest BCUT2D eigenvalue weighted by atomic mass is 32.2. The lowest BCUT2D eigenvalue weighted by Gasteiger charge is -2.19. The quantitative estimate of drug-likeness (QED) is 0.929. The summed E-state index contributed by atoms with van der Waals surface area (Å²) < 4.78 is 33.5. The number of fused-ring (bicyclic) bond motifs is 1. The van der Waals surface area contributed by atoms with Gasteiger partial charge in [-0.1, -0.05) is 0 Å². The lowest BCUT2D eigenvalue weighted by Crippen LogP contribution is -2.18. The fraction of sp³-hybridized carbons (Fsp3) is 0.312. The molecule has 2 aromatic rings. The van der Waals surface area contributed by atoms with Gasteiger partial charge in [-0.2, -0.15) is 0 Å². The predicted octanol–water partition coefficient (Wildman–Crippen LogP) is 2.27. The Kier molecular flexibility index (Phi) is 4.12. The molecule has 122 valence electrons. The molecule has 0 amide bonds. The normalized spacial score (nSPS) is 13.8. The Labute approximate surface area is 136 Å². The first-order valence-corrected chi connectivity index (χ1v) is 8.86. The van der Waals surface area contributed by atoms with Gasteiger partial charge in [0.05, 0.1) is 17.2 Å². The highest BCUT2D eigenvalue weighted by Gasteiger charge is 2.20. The Bertz CT molecular complexity index is 819. The van der Waals surface area contributed by atoms with E-state index >= 15 is 0 Å². The van der Waals surface area contributed by atoms with Crippen molar-refractivity contribution in [3.63, 3.8) is 0 Å². The van der Waals surface area contributed by atoms with E-state index in [1.165, 1.54) is 0 Å². The van der Waals surface area contributed by atoms with Crippen LogP contribution < -0.4 is 14.4 Å². The molecule has 1 aromatic carbocycles. The highest BCUT2D eigenvalue weighted by Crippen LogP contribution is 2.29. The fourth-order valence-corrected chi connectivity index (χ4v) is 3.65. The molecule has 23 heavy (non-hydrogen) atoms. The molecule has 7 heteroatoms. The number of benzene rings is 1. The molecule has 1 aliphatic heterocycles. The van der Waals surface area contributed by atoms with Crippen molar-refractivity contribution in [1.29, 1.82) is 0 Å². The summed E-state index contributed by atoms with van der Waals surface area (Å²) in [5.41, 5.74) is 1.38. The minimum Gasteiger partial charge on any atom is -0.493 e. The maximum Gasteiger partial charge on any atom is 0.262 e. The summed E-state index contributed by atoms with van der Waals surface area (Å²) >= 11 is 0. The van der Waals surface area contributed by atoms with Crippen LogP contribution in [0.1, 0.15) is 12.0 Å². The summed E-state index contributed by atoms with van der Waals surface area (Å²) in [5, 5.41) is 0. The zero-order valence-electron chi connectivity index (χ0n) is 13.1. The topological polar surface area (TPSA) is 71.5 Å². The van der Waals surface area contributed by atoms with Crippen molar-refractivity contribution < 1.29 is 13.2 Å². The van der Waals surface area contributed by atoms with E-state index in [9.17, 15) is 8.42 Å². The number of nitrogens with zero attached hydrogens (tertiary/aromatic N) is 2. The Hall–Kier alpha value is -2.28. The molecule has 2 heterocycles. The highest BCUT2D eigenvalue weighted by molar-refractivity contribution is 7.92. The number of aromatic nitrogens is 1. The van der Waals surface area contributed by atoms with Gasteiger partial charge in [0.15, 0.2) is 5.82 Å². The lowest BCUT2D eigenvalue weighted by atomic mass is 10.1. The van der Waals surface area contributed by atoms with Crippen molar-refractivity contribution in [3.8, 4) is 5.75 Å². The number of anilines is 2. The van der Waals surface area contributed by atoms with Gasteiger partial charge in [0.1, 0.15) is 5.75 Å². The Balaban J connectivity index is 1.94. The van der Waals surface area contributed by atoms with Crippen LogP contribution in [0.15, 0.2) is 41.4 Å². The van der Waals surface area contributed by atoms with Crippen LogP contribution in [0, 0.1) is 0 Å². The second-order valence-corrected chi connectivity index (χ2v) is 7.28. The standard InChI is InChI=1S/C16H19N3O3S/c1-19(2)16-14(6-3-9-17-16)18-23(20,21)13-7-8-15-12(11-13)5-4-10-22-15/h3,6-9,11,18H,4-5,10H2,1-2H3. The summed E-state index contributed by atoms with van der Waals surface area (Å²) in [6.45, 7) is 0.680. The van der Waals surface area contributed by atoms with E-state index in [0.717, 1.165) is 24.2 Å². The van der Waals surface area contributed by atoms with E-state index < -0.39 is 10.0 Å². The molecule has 0 spiro atoms. The largest absolute Gasteiger partial charge is 0.493 e. The molecule has 0 radical (unpaired) electrons. The molecule has 0 saturated carbocycles. The van der Waals surface area contributed by atoms with E-state index in [1.807, 2.05) is 14.1 Å². The summed E-state index contributed by atoms with van der Waals surface area (Å²) in [4.78, 5) is 6.20. The van der Waals surface area contributed by atoms with Gasteiger partial charge >= 0.3 is 0 Å². The van der Waals surface area contributed by atoms with Gasteiger partial charge < -0.3 is 9.64 Å². The third-order valence-electron chi connectivity index (χ3n) is 3.64. The van der Waals surface area contributed by atoms with Crippen LogP contribution in [-0.4, -0.2) is 34.1 Å². The van der Waals surface area contributed by atoms with E-state index in [0.29, 0.717) is 18.1 Å². The molecule has 1 aliphatic rings. The zero-order chi connectivity index (χ0) is 16.4. The molecule has 0 aliphatic carbocycles. The molecular formula is C16H19N3O3S. The van der Waals surface area contributed by atoms with Crippen molar-refractivity contribution >= 4 is 21.5 Å². The first-order valence-electron chi connectivity index (χ1n) is 7.38. The molecule has 6 nitrogen and oxygen atoms in total. The number of hydrogen-bond donors (Lipinski definition) is 1. The first kappa shape index (κ1) is 15.6. The van der Waals surface area contributed by atoms with E-state index in [2.05, 4.69) is 9.71 Å². The molecule has 0 fully saturated rings. The van der Waals surface area contributed by atoms with Crippen LogP contribution in [0.2, 0.25) is 0 Å². The van der Waals surface area contributed by atoms with Gasteiger partial charge in [0, 0.05) is 20.3 Å². The number of hydrogen-bond acceptors (Lipinski definition) is 5. The maximum atomic E-state index is 12.7. The summed E-state index contributed by atoms with van der Waals surface area (Å²) in [6.07, 6.45) is 3.36. The molecule has 0 unspecified atom stereocenters. The van der Waals surface area contributed by atoms with Crippen molar-refractivity contribution in [3.05, 3.63) is 42.1 Å². The minimum absolute atomic E-state index is 0.232. The number of sulfonamides is 1. The average molecular weight is 333 g/mol. The van der Waals surface area contributed by atoms with Crippen LogP contribution in [-0.2, 0) is 16.4 Å². The number of ether oxygens (including phenoxy) is 1. The van der Waals surface area contributed by atoms with Gasteiger partial charge in [0.25, 0.3) is 10.0 Å². The van der Waals surface area contributed by atoms with Gasteiger partial charge in [-0.15, -0.1) is 0 Å². The van der Waals surface area contributed by atoms with Crippen molar-refractivity contribution in [1.82, 2.24) is 4.98 Å². The third kappa shape index (κ3) is 3.24. The van der Waals surface area contributed by atoms with Gasteiger partial charge in [-0.25, -0.2) is 13.4 Å². The minimum atomic E-state index is -3.68. The Morgan fingerprint density at radius 3 is 2.87 bits per heavy atom. The zero-order valence-corrected chi connectivity index (χ0v) is 13.9. The molecule has 3 rings (SSSR count). The van der Waals surface area contributed by atoms with Gasteiger partial charge in [0.2, 0.25) is 0 Å². The molecule has 0 bridgehead atoms.